The van der Waals surface area contributed by atoms with Gasteiger partial charge in [-0.2, -0.15) is 9.29 Å². The lowest BCUT2D eigenvalue weighted by atomic mass is 10.1. The molecule has 0 radical (unpaired) electrons. The summed E-state index contributed by atoms with van der Waals surface area (Å²) in [5, 5.41) is 4.64. The topological polar surface area (TPSA) is 76.3 Å². The summed E-state index contributed by atoms with van der Waals surface area (Å²) in [6.45, 7) is 1.92. The highest BCUT2D eigenvalue weighted by Crippen LogP contribution is 2.24. The average molecular weight is 426 g/mol. The van der Waals surface area contributed by atoms with Crippen molar-refractivity contribution in [1.82, 2.24) is 14.4 Å². The van der Waals surface area contributed by atoms with Gasteiger partial charge in [0.1, 0.15) is 0 Å². The highest BCUT2D eigenvalue weighted by atomic mass is 35.5. The maximum absolute atomic E-state index is 12.6. The van der Waals surface area contributed by atoms with Crippen molar-refractivity contribution in [2.75, 3.05) is 7.05 Å². The first-order chi connectivity index (χ1) is 12.8. The Morgan fingerprint density at radius 1 is 1.11 bits per heavy atom. The van der Waals surface area contributed by atoms with Crippen LogP contribution in [-0.4, -0.2) is 29.9 Å². The number of aryl methyl sites for hydroxylation is 1. The molecular weight excluding hydrogens is 409 g/mol. The second-order valence-electron chi connectivity index (χ2n) is 6.09. The minimum Gasteiger partial charge on any atom is -0.338 e. The minimum atomic E-state index is -3.60. The predicted octanol–water partition coefficient (Wildman–Crippen LogP) is 4.31. The van der Waals surface area contributed by atoms with Gasteiger partial charge in [0, 0.05) is 12.6 Å². The zero-order chi connectivity index (χ0) is 19.6. The molecule has 3 aromatic rings. The Morgan fingerprint density at radius 2 is 1.85 bits per heavy atom. The highest BCUT2D eigenvalue weighted by Gasteiger charge is 2.22. The van der Waals surface area contributed by atoms with Crippen LogP contribution in [0.5, 0.6) is 0 Å². The van der Waals surface area contributed by atoms with Gasteiger partial charge in [-0.3, -0.25) is 0 Å². The lowest BCUT2D eigenvalue weighted by Gasteiger charge is -2.15. The van der Waals surface area contributed by atoms with Crippen LogP contribution in [0.2, 0.25) is 10.0 Å². The summed E-state index contributed by atoms with van der Waals surface area (Å²) in [5.41, 5.74) is 2.39. The van der Waals surface area contributed by atoms with Crippen LogP contribution in [0.1, 0.15) is 17.0 Å². The number of benzene rings is 2. The van der Waals surface area contributed by atoms with Crippen LogP contribution in [0.4, 0.5) is 0 Å². The van der Waals surface area contributed by atoms with Gasteiger partial charge in [0.05, 0.1) is 22.3 Å². The van der Waals surface area contributed by atoms with E-state index in [0.29, 0.717) is 21.4 Å². The molecule has 0 saturated carbocycles. The van der Waals surface area contributed by atoms with Crippen molar-refractivity contribution in [3.05, 3.63) is 69.5 Å². The Morgan fingerprint density at radius 3 is 2.56 bits per heavy atom. The molecule has 0 unspecified atom stereocenters. The normalized spacial score (nSPS) is 11.9. The molecule has 0 saturated heterocycles. The molecular formula is C18H17Cl2N3O3S. The second kappa shape index (κ2) is 7.98. The molecule has 0 aliphatic rings. The molecule has 2 aromatic carbocycles. The number of nitrogens with zero attached hydrogens (tertiary/aromatic N) is 3. The Hall–Kier alpha value is -1.93. The van der Waals surface area contributed by atoms with Crippen molar-refractivity contribution in [1.29, 1.82) is 0 Å². The fraction of sp³-hybridized carbons (Fsp3) is 0.222. The quantitative estimate of drug-likeness (QED) is 0.587. The van der Waals surface area contributed by atoms with Crippen molar-refractivity contribution in [2.24, 2.45) is 0 Å². The van der Waals surface area contributed by atoms with Crippen molar-refractivity contribution in [3.8, 4) is 11.4 Å². The van der Waals surface area contributed by atoms with Crippen LogP contribution < -0.4 is 0 Å². The average Bonchev–Trinajstić information content (AvgIpc) is 3.06. The van der Waals surface area contributed by atoms with Gasteiger partial charge in [0.25, 0.3) is 0 Å². The standard InChI is InChI=1S/C18H17Cl2N3O3S/c1-12-5-3-4-6-14(12)18-21-17(26-22-18)10-23(2)27(24,25)11-13-7-8-15(19)16(20)9-13/h3-9H,10-11H2,1-2H3. The summed E-state index contributed by atoms with van der Waals surface area (Å²) < 4.78 is 31.6. The molecule has 0 aliphatic heterocycles. The minimum absolute atomic E-state index is 0.0253. The molecule has 1 heterocycles. The van der Waals surface area contributed by atoms with Crippen LogP contribution in [0.15, 0.2) is 47.0 Å². The largest absolute Gasteiger partial charge is 0.338 e. The maximum atomic E-state index is 12.6. The highest BCUT2D eigenvalue weighted by molar-refractivity contribution is 7.88. The zero-order valence-corrected chi connectivity index (χ0v) is 17.0. The monoisotopic (exact) mass is 425 g/mol. The number of hydrogen-bond donors (Lipinski definition) is 0. The van der Waals surface area contributed by atoms with E-state index >= 15 is 0 Å². The fourth-order valence-electron chi connectivity index (χ4n) is 2.49. The van der Waals surface area contributed by atoms with Gasteiger partial charge >= 0.3 is 0 Å². The molecule has 0 bridgehead atoms. The van der Waals surface area contributed by atoms with Crippen molar-refractivity contribution in [2.45, 2.75) is 19.2 Å². The van der Waals surface area contributed by atoms with E-state index in [1.165, 1.54) is 17.4 Å². The summed E-state index contributed by atoms with van der Waals surface area (Å²) in [5.74, 6) is 0.436. The molecule has 9 heteroatoms. The smallest absolute Gasteiger partial charge is 0.242 e. The summed E-state index contributed by atoms with van der Waals surface area (Å²) in [6.07, 6.45) is 0. The van der Waals surface area contributed by atoms with E-state index < -0.39 is 10.0 Å². The SMILES string of the molecule is Cc1ccccc1-c1noc(CN(C)S(=O)(=O)Cc2ccc(Cl)c(Cl)c2)n1. The van der Waals surface area contributed by atoms with Crippen LogP contribution in [0.3, 0.4) is 0 Å². The summed E-state index contributed by atoms with van der Waals surface area (Å²) in [4.78, 5) is 4.31. The van der Waals surface area contributed by atoms with Gasteiger partial charge in [0.15, 0.2) is 0 Å². The lowest BCUT2D eigenvalue weighted by Crippen LogP contribution is -2.27. The van der Waals surface area contributed by atoms with Crippen molar-refractivity contribution in [3.63, 3.8) is 0 Å². The van der Waals surface area contributed by atoms with Crippen LogP contribution in [-0.2, 0) is 22.3 Å². The number of aromatic nitrogens is 2. The van der Waals surface area contributed by atoms with E-state index in [1.807, 2.05) is 31.2 Å². The fourth-order valence-corrected chi connectivity index (χ4v) is 3.94. The second-order valence-corrected chi connectivity index (χ2v) is 8.98. The molecule has 0 amide bonds. The Kier molecular flexibility index (Phi) is 5.86. The van der Waals surface area contributed by atoms with Gasteiger partial charge in [-0.25, -0.2) is 8.42 Å². The molecule has 0 fully saturated rings. The van der Waals surface area contributed by atoms with Gasteiger partial charge in [-0.05, 0) is 30.2 Å². The van der Waals surface area contributed by atoms with Crippen molar-refractivity contribution < 1.29 is 12.9 Å². The molecule has 3 rings (SSSR count). The molecule has 0 N–H and O–H groups in total. The van der Waals surface area contributed by atoms with Crippen LogP contribution in [0.25, 0.3) is 11.4 Å². The first-order valence-electron chi connectivity index (χ1n) is 8.03. The van der Waals surface area contributed by atoms with E-state index in [0.717, 1.165) is 11.1 Å². The Labute approximate surface area is 167 Å². The summed E-state index contributed by atoms with van der Waals surface area (Å²) >= 11 is 11.8. The Balaban J connectivity index is 1.73. The summed E-state index contributed by atoms with van der Waals surface area (Å²) in [7, 11) is -2.14. The molecule has 0 atom stereocenters. The molecule has 27 heavy (non-hydrogen) atoms. The molecule has 0 aliphatic carbocycles. The predicted molar refractivity (Wildman–Crippen MR) is 105 cm³/mol. The van der Waals surface area contributed by atoms with Crippen LogP contribution >= 0.6 is 23.2 Å². The van der Waals surface area contributed by atoms with Gasteiger partial charge in [0.2, 0.25) is 21.7 Å². The maximum Gasteiger partial charge on any atom is 0.242 e. The van der Waals surface area contributed by atoms with E-state index in [2.05, 4.69) is 10.1 Å². The number of hydrogen-bond acceptors (Lipinski definition) is 5. The van der Waals surface area contributed by atoms with E-state index in [9.17, 15) is 8.42 Å². The first-order valence-corrected chi connectivity index (χ1v) is 10.4. The van der Waals surface area contributed by atoms with E-state index in [4.69, 9.17) is 27.7 Å². The van der Waals surface area contributed by atoms with Crippen molar-refractivity contribution >= 4 is 33.2 Å². The number of halogens is 2. The molecule has 1 aromatic heterocycles. The molecule has 6 nitrogen and oxygen atoms in total. The Bertz CT molecular complexity index is 1070. The van der Waals surface area contributed by atoms with E-state index in [1.54, 1.807) is 12.1 Å². The zero-order valence-electron chi connectivity index (χ0n) is 14.7. The van der Waals surface area contributed by atoms with Crippen LogP contribution in [0, 0.1) is 6.92 Å². The molecule has 0 spiro atoms. The third-order valence-corrected chi connectivity index (χ3v) is 6.54. The van der Waals surface area contributed by atoms with Gasteiger partial charge in [-0.15, -0.1) is 0 Å². The summed E-state index contributed by atoms with van der Waals surface area (Å²) in [6, 6.07) is 12.4. The lowest BCUT2D eigenvalue weighted by molar-refractivity contribution is 0.336. The van der Waals surface area contributed by atoms with Gasteiger partial charge < -0.3 is 4.52 Å². The number of sulfonamides is 1. The third kappa shape index (κ3) is 4.68. The van der Waals surface area contributed by atoms with E-state index in [-0.39, 0.29) is 18.2 Å². The van der Waals surface area contributed by atoms with Gasteiger partial charge in [-0.1, -0.05) is 58.7 Å². The number of rotatable bonds is 6. The third-order valence-electron chi connectivity index (χ3n) is 4.02. The first kappa shape index (κ1) is 19.8. The molecule has 142 valence electrons.